The molecular weight excluding hydrogens is 413 g/mol. The lowest BCUT2D eigenvalue weighted by Gasteiger charge is -2.09. The number of nitrogens with one attached hydrogen (secondary N) is 2. The maximum Gasteiger partial charge on any atom is 0.224 e. The molecule has 4 nitrogen and oxygen atoms in total. The van der Waals surface area contributed by atoms with E-state index in [1.807, 2.05) is 67.6 Å². The van der Waals surface area contributed by atoms with E-state index >= 15 is 0 Å². The molecule has 0 aliphatic carbocycles. The fraction of sp³-hybridized carbons (Fsp3) is 0.143. The van der Waals surface area contributed by atoms with Crippen molar-refractivity contribution in [3.8, 4) is 11.4 Å². The van der Waals surface area contributed by atoms with Gasteiger partial charge < -0.3 is 10.3 Å². The maximum absolute atomic E-state index is 14.1. The number of aryl methyl sites for hydroxylation is 2. The zero-order valence-electron chi connectivity index (χ0n) is 18.4. The maximum atomic E-state index is 14.1. The highest BCUT2D eigenvalue weighted by Gasteiger charge is 2.16. The number of halogens is 1. The van der Waals surface area contributed by atoms with Crippen molar-refractivity contribution in [2.45, 2.75) is 26.2 Å². The average molecular weight is 438 g/mol. The van der Waals surface area contributed by atoms with Crippen LogP contribution in [0.4, 0.5) is 10.1 Å². The quantitative estimate of drug-likeness (QED) is 0.307. The predicted molar refractivity (Wildman–Crippen MR) is 132 cm³/mol. The monoisotopic (exact) mass is 437 g/mol. The van der Waals surface area contributed by atoms with Crippen LogP contribution in [0.15, 0.2) is 78.9 Å². The van der Waals surface area contributed by atoms with Crippen LogP contribution in [-0.2, 0) is 11.2 Å². The fourth-order valence-corrected chi connectivity index (χ4v) is 4.26. The smallest absolute Gasteiger partial charge is 0.224 e. The van der Waals surface area contributed by atoms with Gasteiger partial charge in [-0.1, -0.05) is 42.5 Å². The number of aromatic nitrogens is 2. The van der Waals surface area contributed by atoms with Crippen LogP contribution >= 0.6 is 0 Å². The Labute approximate surface area is 191 Å². The minimum absolute atomic E-state index is 0.0271. The van der Waals surface area contributed by atoms with Gasteiger partial charge in [-0.25, -0.2) is 9.37 Å². The lowest BCUT2D eigenvalue weighted by atomic mass is 10.0. The summed E-state index contributed by atoms with van der Waals surface area (Å²) in [5.74, 6) is -0.307. The van der Waals surface area contributed by atoms with Crippen molar-refractivity contribution < 1.29 is 9.18 Å². The van der Waals surface area contributed by atoms with Gasteiger partial charge in [0.25, 0.3) is 0 Å². The van der Waals surface area contributed by atoms with Crippen LogP contribution in [-0.4, -0.2) is 15.9 Å². The van der Waals surface area contributed by atoms with Gasteiger partial charge >= 0.3 is 0 Å². The molecule has 0 aliphatic heterocycles. The zero-order chi connectivity index (χ0) is 22.8. The van der Waals surface area contributed by atoms with Gasteiger partial charge in [0.15, 0.2) is 0 Å². The SMILES string of the molecule is Cc1ccccc1NC(=O)CCCc1c(-c2ccc3ccccc3n2)[nH]c2ccc(F)cc12. The molecule has 0 fully saturated rings. The molecule has 0 bridgehead atoms. The number of carbonyl (C=O) groups is 1. The summed E-state index contributed by atoms with van der Waals surface area (Å²) in [6.07, 6.45) is 1.65. The summed E-state index contributed by atoms with van der Waals surface area (Å²) in [6, 6.07) is 24.5. The molecule has 0 spiro atoms. The number of aromatic amines is 1. The number of H-pyrrole nitrogens is 1. The molecule has 33 heavy (non-hydrogen) atoms. The predicted octanol–water partition coefficient (Wildman–Crippen LogP) is 6.79. The largest absolute Gasteiger partial charge is 0.353 e. The normalized spacial score (nSPS) is 11.2. The number of hydrogen-bond donors (Lipinski definition) is 2. The molecule has 5 rings (SSSR count). The number of carbonyl (C=O) groups excluding carboxylic acids is 1. The van der Waals surface area contributed by atoms with Crippen LogP contribution in [0.5, 0.6) is 0 Å². The van der Waals surface area contributed by atoms with Gasteiger partial charge in [0.05, 0.1) is 16.9 Å². The van der Waals surface area contributed by atoms with E-state index in [1.54, 1.807) is 12.1 Å². The van der Waals surface area contributed by atoms with Crippen molar-refractivity contribution in [2.24, 2.45) is 0 Å². The number of anilines is 1. The lowest BCUT2D eigenvalue weighted by molar-refractivity contribution is -0.116. The average Bonchev–Trinajstić information content (AvgIpc) is 3.18. The van der Waals surface area contributed by atoms with Crippen molar-refractivity contribution in [1.29, 1.82) is 0 Å². The van der Waals surface area contributed by atoms with E-state index in [9.17, 15) is 9.18 Å². The summed E-state index contributed by atoms with van der Waals surface area (Å²) in [6.45, 7) is 1.97. The molecule has 0 unspecified atom stereocenters. The first-order chi connectivity index (χ1) is 16.1. The van der Waals surface area contributed by atoms with Gasteiger partial charge in [0.1, 0.15) is 5.82 Å². The Morgan fingerprint density at radius 2 is 1.82 bits per heavy atom. The molecule has 5 aromatic rings. The third-order valence-corrected chi connectivity index (χ3v) is 5.97. The summed E-state index contributed by atoms with van der Waals surface area (Å²) in [7, 11) is 0. The Morgan fingerprint density at radius 1 is 1.00 bits per heavy atom. The molecule has 2 N–H and O–H groups in total. The Kier molecular flexibility index (Phi) is 5.61. The Morgan fingerprint density at radius 3 is 2.70 bits per heavy atom. The van der Waals surface area contributed by atoms with E-state index in [-0.39, 0.29) is 11.7 Å². The Bertz CT molecular complexity index is 1470. The van der Waals surface area contributed by atoms with E-state index in [0.29, 0.717) is 19.3 Å². The summed E-state index contributed by atoms with van der Waals surface area (Å²) >= 11 is 0. The summed E-state index contributed by atoms with van der Waals surface area (Å²) < 4.78 is 14.1. The van der Waals surface area contributed by atoms with Crippen molar-refractivity contribution in [3.05, 3.63) is 95.8 Å². The second-order valence-electron chi connectivity index (χ2n) is 8.27. The Hall–Kier alpha value is -3.99. The topological polar surface area (TPSA) is 57.8 Å². The van der Waals surface area contributed by atoms with Gasteiger partial charge in [0.2, 0.25) is 5.91 Å². The number of pyridine rings is 1. The van der Waals surface area contributed by atoms with Crippen molar-refractivity contribution in [1.82, 2.24) is 9.97 Å². The van der Waals surface area contributed by atoms with Crippen molar-refractivity contribution >= 4 is 33.4 Å². The van der Waals surface area contributed by atoms with Gasteiger partial charge in [-0.15, -0.1) is 0 Å². The number of rotatable bonds is 6. The third kappa shape index (κ3) is 4.35. The standard InChI is InChI=1S/C28H24FN3O/c1-18-7-2-4-10-23(18)31-27(33)12-6-9-21-22-17-20(29)14-16-25(22)32-28(21)26-15-13-19-8-3-5-11-24(19)30-26/h2-5,7-8,10-11,13-17,32H,6,9,12H2,1H3,(H,31,33). The first kappa shape index (κ1) is 20.9. The minimum Gasteiger partial charge on any atom is -0.353 e. The van der Waals surface area contributed by atoms with Gasteiger partial charge in [-0.2, -0.15) is 0 Å². The van der Waals surface area contributed by atoms with E-state index in [4.69, 9.17) is 4.98 Å². The van der Waals surface area contributed by atoms with Crippen LogP contribution in [0.3, 0.4) is 0 Å². The van der Waals surface area contributed by atoms with Crippen LogP contribution in [0.25, 0.3) is 33.2 Å². The highest BCUT2D eigenvalue weighted by molar-refractivity contribution is 5.93. The molecule has 0 radical (unpaired) electrons. The minimum atomic E-state index is -0.280. The Balaban J connectivity index is 1.42. The molecular formula is C28H24FN3O. The molecule has 2 heterocycles. The lowest BCUT2D eigenvalue weighted by Crippen LogP contribution is -2.12. The third-order valence-electron chi connectivity index (χ3n) is 5.97. The highest BCUT2D eigenvalue weighted by Crippen LogP contribution is 2.32. The van der Waals surface area contributed by atoms with Crippen molar-refractivity contribution in [2.75, 3.05) is 5.32 Å². The van der Waals surface area contributed by atoms with Gasteiger partial charge in [-0.05, 0) is 67.3 Å². The molecule has 164 valence electrons. The van der Waals surface area contributed by atoms with Crippen molar-refractivity contribution in [3.63, 3.8) is 0 Å². The van der Waals surface area contributed by atoms with Gasteiger partial charge in [-0.3, -0.25) is 4.79 Å². The van der Waals surface area contributed by atoms with Crippen LogP contribution in [0.2, 0.25) is 0 Å². The zero-order valence-corrected chi connectivity index (χ0v) is 18.4. The molecule has 2 aromatic heterocycles. The molecule has 0 aliphatic rings. The summed E-state index contributed by atoms with van der Waals surface area (Å²) in [5, 5.41) is 4.88. The fourth-order valence-electron chi connectivity index (χ4n) is 4.26. The van der Waals surface area contributed by atoms with E-state index in [2.05, 4.69) is 10.3 Å². The number of nitrogens with zero attached hydrogens (tertiary/aromatic N) is 1. The summed E-state index contributed by atoms with van der Waals surface area (Å²) in [4.78, 5) is 20.8. The molecule has 3 aromatic carbocycles. The molecule has 0 saturated heterocycles. The molecule has 0 atom stereocenters. The van der Waals surface area contributed by atoms with E-state index in [1.165, 1.54) is 6.07 Å². The number of fused-ring (bicyclic) bond motifs is 2. The second kappa shape index (κ2) is 8.87. The first-order valence-corrected chi connectivity index (χ1v) is 11.1. The van der Waals surface area contributed by atoms with Crippen LogP contribution in [0.1, 0.15) is 24.0 Å². The van der Waals surface area contributed by atoms with Gasteiger partial charge in [0, 0.05) is 28.4 Å². The summed E-state index contributed by atoms with van der Waals surface area (Å²) in [5.41, 5.74) is 6.30. The number of benzene rings is 3. The second-order valence-corrected chi connectivity index (χ2v) is 8.27. The number of amides is 1. The molecule has 0 saturated carbocycles. The molecule has 1 amide bonds. The first-order valence-electron chi connectivity index (χ1n) is 11.1. The molecule has 5 heteroatoms. The van der Waals surface area contributed by atoms with Crippen LogP contribution in [0, 0.1) is 12.7 Å². The number of hydrogen-bond acceptors (Lipinski definition) is 2. The highest BCUT2D eigenvalue weighted by atomic mass is 19.1. The van der Waals surface area contributed by atoms with E-state index in [0.717, 1.165) is 50.0 Å². The van der Waals surface area contributed by atoms with Crippen LogP contribution < -0.4 is 5.32 Å². The number of para-hydroxylation sites is 2. The van der Waals surface area contributed by atoms with E-state index < -0.39 is 0 Å².